The van der Waals surface area contributed by atoms with Crippen LogP contribution in [0.1, 0.15) is 51.9 Å². The molecule has 78 valence electrons. The number of alkyl halides is 3. The minimum Gasteiger partial charge on any atom is -0.171 e. The third kappa shape index (κ3) is 2.18. The highest BCUT2D eigenvalue weighted by Gasteiger charge is 2.53. The zero-order valence-electron chi connectivity index (χ0n) is 8.08. The van der Waals surface area contributed by atoms with Crippen molar-refractivity contribution in [1.82, 2.24) is 0 Å². The van der Waals surface area contributed by atoms with E-state index < -0.39 is 11.6 Å². The zero-order valence-corrected chi connectivity index (χ0v) is 8.08. The van der Waals surface area contributed by atoms with E-state index in [9.17, 15) is 13.2 Å². The lowest BCUT2D eigenvalue weighted by Gasteiger charge is -2.38. The van der Waals surface area contributed by atoms with Crippen LogP contribution in [0.15, 0.2) is 0 Å². The van der Waals surface area contributed by atoms with Crippen molar-refractivity contribution in [3.63, 3.8) is 0 Å². The first-order valence-electron chi connectivity index (χ1n) is 5.08. The Morgan fingerprint density at radius 3 is 2.00 bits per heavy atom. The maximum atomic E-state index is 12.8. The van der Waals surface area contributed by atoms with Gasteiger partial charge in [0.1, 0.15) is 0 Å². The van der Waals surface area contributed by atoms with Gasteiger partial charge in [0.15, 0.2) is 0 Å². The van der Waals surface area contributed by atoms with Gasteiger partial charge in [-0.3, -0.25) is 0 Å². The van der Waals surface area contributed by atoms with Crippen LogP contribution in [-0.2, 0) is 0 Å². The Kier molecular flexibility index (Phi) is 3.25. The van der Waals surface area contributed by atoms with Gasteiger partial charge in [0.25, 0.3) is 0 Å². The molecule has 0 aromatic rings. The highest BCUT2D eigenvalue weighted by Crippen LogP contribution is 2.51. The molecule has 0 aromatic heterocycles. The first kappa shape index (κ1) is 10.9. The Hall–Kier alpha value is -0.210. The number of halogens is 3. The number of rotatable bonds is 2. The maximum Gasteiger partial charge on any atom is 0.394 e. The predicted octanol–water partition coefficient (Wildman–Crippen LogP) is 4.30. The number of hydrogen-bond acceptors (Lipinski definition) is 0. The molecule has 0 spiro atoms. The monoisotopic (exact) mass is 194 g/mol. The van der Waals surface area contributed by atoms with Gasteiger partial charge in [-0.2, -0.15) is 13.2 Å². The second-order valence-electron chi connectivity index (χ2n) is 4.09. The van der Waals surface area contributed by atoms with Crippen molar-refractivity contribution in [2.24, 2.45) is 5.41 Å². The van der Waals surface area contributed by atoms with E-state index in [-0.39, 0.29) is 0 Å². The molecule has 0 nitrogen and oxygen atoms in total. The molecule has 1 aliphatic rings. The van der Waals surface area contributed by atoms with E-state index in [1.165, 1.54) is 0 Å². The van der Waals surface area contributed by atoms with E-state index >= 15 is 0 Å². The SMILES string of the molecule is CCCC1(C(F)(F)F)CCCCC1. The fourth-order valence-electron chi connectivity index (χ4n) is 2.38. The maximum absolute atomic E-state index is 12.8. The van der Waals surface area contributed by atoms with E-state index in [2.05, 4.69) is 0 Å². The van der Waals surface area contributed by atoms with Gasteiger partial charge in [0, 0.05) is 0 Å². The molecular weight excluding hydrogens is 177 g/mol. The standard InChI is InChI=1S/C10H17F3/c1-2-6-9(10(11,12)13)7-4-3-5-8-9/h2-8H2,1H3. The minimum absolute atomic E-state index is 0.316. The zero-order chi connectivity index (χ0) is 9.95. The molecule has 0 aromatic carbocycles. The molecule has 0 aliphatic heterocycles. The minimum atomic E-state index is -3.98. The molecule has 0 N–H and O–H groups in total. The average molecular weight is 194 g/mol. The van der Waals surface area contributed by atoms with Crippen LogP contribution in [0.3, 0.4) is 0 Å². The highest BCUT2D eigenvalue weighted by molar-refractivity contribution is 4.88. The van der Waals surface area contributed by atoms with Gasteiger partial charge >= 0.3 is 6.18 Å². The molecule has 1 aliphatic carbocycles. The van der Waals surface area contributed by atoms with E-state index in [1.54, 1.807) is 0 Å². The molecular formula is C10H17F3. The Bertz CT molecular complexity index is 149. The molecule has 1 rings (SSSR count). The third-order valence-corrected chi connectivity index (χ3v) is 3.14. The van der Waals surface area contributed by atoms with E-state index in [0.29, 0.717) is 25.7 Å². The summed E-state index contributed by atoms with van der Waals surface area (Å²) < 4.78 is 38.4. The summed E-state index contributed by atoms with van der Waals surface area (Å²) in [6.07, 6.45) is 0.148. The second kappa shape index (κ2) is 3.89. The van der Waals surface area contributed by atoms with Crippen LogP contribution < -0.4 is 0 Å². The lowest BCUT2D eigenvalue weighted by molar-refractivity contribution is -0.237. The molecule has 1 saturated carbocycles. The summed E-state index contributed by atoms with van der Waals surface area (Å²) in [4.78, 5) is 0. The highest BCUT2D eigenvalue weighted by atomic mass is 19.4. The molecule has 3 heteroatoms. The van der Waals surface area contributed by atoms with Crippen molar-refractivity contribution in [3.05, 3.63) is 0 Å². The van der Waals surface area contributed by atoms with E-state index in [0.717, 1.165) is 19.3 Å². The fraction of sp³-hybridized carbons (Fsp3) is 1.00. The quantitative estimate of drug-likeness (QED) is 0.614. The lowest BCUT2D eigenvalue weighted by Crippen LogP contribution is -2.39. The van der Waals surface area contributed by atoms with Crippen molar-refractivity contribution in [2.45, 2.75) is 58.0 Å². The number of hydrogen-bond donors (Lipinski definition) is 0. The summed E-state index contributed by atoms with van der Waals surface area (Å²) in [5.41, 5.74) is -1.33. The molecule has 0 atom stereocenters. The Balaban J connectivity index is 2.73. The molecule has 0 radical (unpaired) electrons. The van der Waals surface area contributed by atoms with Crippen molar-refractivity contribution >= 4 is 0 Å². The van der Waals surface area contributed by atoms with E-state index in [4.69, 9.17) is 0 Å². The molecule has 0 bridgehead atoms. The van der Waals surface area contributed by atoms with Crippen LogP contribution in [0, 0.1) is 5.41 Å². The first-order valence-corrected chi connectivity index (χ1v) is 5.08. The first-order chi connectivity index (χ1) is 6.02. The summed E-state index contributed by atoms with van der Waals surface area (Å²) in [6, 6.07) is 0. The van der Waals surface area contributed by atoms with Gasteiger partial charge in [-0.15, -0.1) is 0 Å². The smallest absolute Gasteiger partial charge is 0.171 e. The molecule has 0 saturated heterocycles. The van der Waals surface area contributed by atoms with Crippen LogP contribution in [0.2, 0.25) is 0 Å². The molecule has 0 unspecified atom stereocenters. The summed E-state index contributed by atoms with van der Waals surface area (Å²) in [6.45, 7) is 1.84. The van der Waals surface area contributed by atoms with E-state index in [1.807, 2.05) is 6.92 Å². The van der Waals surface area contributed by atoms with Gasteiger partial charge in [0.05, 0.1) is 5.41 Å². The van der Waals surface area contributed by atoms with Crippen LogP contribution in [0.5, 0.6) is 0 Å². The van der Waals surface area contributed by atoms with Crippen LogP contribution >= 0.6 is 0 Å². The van der Waals surface area contributed by atoms with Crippen LogP contribution in [-0.4, -0.2) is 6.18 Å². The molecule has 0 amide bonds. The Morgan fingerprint density at radius 1 is 1.08 bits per heavy atom. The van der Waals surface area contributed by atoms with Crippen molar-refractivity contribution in [1.29, 1.82) is 0 Å². The van der Waals surface area contributed by atoms with Gasteiger partial charge in [-0.1, -0.05) is 32.6 Å². The summed E-state index contributed by atoms with van der Waals surface area (Å²) in [5.74, 6) is 0. The van der Waals surface area contributed by atoms with Gasteiger partial charge in [0.2, 0.25) is 0 Å². The van der Waals surface area contributed by atoms with Crippen molar-refractivity contribution in [2.75, 3.05) is 0 Å². The summed E-state index contributed by atoms with van der Waals surface area (Å²) >= 11 is 0. The lowest BCUT2D eigenvalue weighted by atomic mass is 9.71. The summed E-state index contributed by atoms with van der Waals surface area (Å²) in [5, 5.41) is 0. The topological polar surface area (TPSA) is 0 Å². The fourth-order valence-corrected chi connectivity index (χ4v) is 2.38. The normalized spacial score (nSPS) is 23.1. The van der Waals surface area contributed by atoms with Crippen molar-refractivity contribution < 1.29 is 13.2 Å². The van der Waals surface area contributed by atoms with Gasteiger partial charge in [-0.05, 0) is 19.3 Å². The van der Waals surface area contributed by atoms with Crippen LogP contribution in [0.4, 0.5) is 13.2 Å². The van der Waals surface area contributed by atoms with Crippen LogP contribution in [0.25, 0.3) is 0 Å². The predicted molar refractivity (Wildman–Crippen MR) is 46.5 cm³/mol. The Labute approximate surface area is 77.5 Å². The average Bonchev–Trinajstić information content (AvgIpc) is 2.04. The molecule has 1 fully saturated rings. The summed E-state index contributed by atoms with van der Waals surface area (Å²) in [7, 11) is 0. The third-order valence-electron chi connectivity index (χ3n) is 3.14. The van der Waals surface area contributed by atoms with Gasteiger partial charge < -0.3 is 0 Å². The molecule has 13 heavy (non-hydrogen) atoms. The Morgan fingerprint density at radius 2 is 1.62 bits per heavy atom. The van der Waals surface area contributed by atoms with Crippen molar-refractivity contribution in [3.8, 4) is 0 Å². The molecule has 0 heterocycles. The largest absolute Gasteiger partial charge is 0.394 e. The second-order valence-corrected chi connectivity index (χ2v) is 4.09. The van der Waals surface area contributed by atoms with Gasteiger partial charge in [-0.25, -0.2) is 0 Å².